The zero-order chi connectivity index (χ0) is 18.2. The first-order chi connectivity index (χ1) is 13.3. The van der Waals surface area contributed by atoms with E-state index in [1.165, 1.54) is 38.0 Å². The van der Waals surface area contributed by atoms with E-state index in [4.69, 9.17) is 4.74 Å². The molecule has 6 atom stereocenters. The van der Waals surface area contributed by atoms with Crippen molar-refractivity contribution in [3.05, 3.63) is 71.8 Å². The third kappa shape index (κ3) is 3.19. The number of likely N-dealkylation sites (tertiary alicyclic amines) is 1. The highest BCUT2D eigenvalue weighted by atomic mass is 16.5. The Hall–Kier alpha value is -2.13. The van der Waals surface area contributed by atoms with E-state index in [9.17, 15) is 4.79 Å². The SMILES string of the molecule is O=C(OC1[C@H]2CC[C@H]1[C@H]1C[NH+](CCc3ccccc3)C[C@H]12)c1ccccc1. The average molecular weight is 362 g/mol. The number of carbonyl (C=O) groups is 1. The molecule has 0 radical (unpaired) electrons. The average Bonchev–Trinajstić information content (AvgIpc) is 3.38. The Morgan fingerprint density at radius 3 is 2.07 bits per heavy atom. The molecule has 0 aromatic heterocycles. The monoisotopic (exact) mass is 362 g/mol. The highest BCUT2D eigenvalue weighted by molar-refractivity contribution is 5.89. The summed E-state index contributed by atoms with van der Waals surface area (Å²) in [6.07, 6.45) is 3.80. The van der Waals surface area contributed by atoms with Gasteiger partial charge in [0.2, 0.25) is 0 Å². The van der Waals surface area contributed by atoms with Crippen LogP contribution in [0, 0.1) is 23.7 Å². The van der Waals surface area contributed by atoms with Gasteiger partial charge in [-0.3, -0.25) is 0 Å². The first-order valence-corrected chi connectivity index (χ1v) is 10.4. The van der Waals surface area contributed by atoms with E-state index in [2.05, 4.69) is 30.3 Å². The molecule has 3 aliphatic rings. The predicted molar refractivity (Wildman–Crippen MR) is 105 cm³/mol. The Morgan fingerprint density at radius 2 is 1.44 bits per heavy atom. The zero-order valence-corrected chi connectivity index (χ0v) is 15.7. The largest absolute Gasteiger partial charge is 0.458 e. The fourth-order valence-electron chi connectivity index (χ4n) is 6.05. The topological polar surface area (TPSA) is 30.7 Å². The van der Waals surface area contributed by atoms with Crippen molar-refractivity contribution in [2.75, 3.05) is 19.6 Å². The molecule has 0 spiro atoms. The number of fused-ring (bicyclic) bond motifs is 5. The number of benzene rings is 2. The first-order valence-electron chi connectivity index (χ1n) is 10.4. The molecule has 2 aromatic rings. The minimum absolute atomic E-state index is 0.134. The van der Waals surface area contributed by atoms with E-state index in [-0.39, 0.29) is 12.1 Å². The molecular formula is C24H28NO2+. The molecule has 27 heavy (non-hydrogen) atoms. The summed E-state index contributed by atoms with van der Waals surface area (Å²) in [6, 6.07) is 20.3. The second-order valence-corrected chi connectivity index (χ2v) is 8.61. The van der Waals surface area contributed by atoms with E-state index in [1.54, 1.807) is 4.90 Å². The molecule has 1 aliphatic heterocycles. The van der Waals surface area contributed by atoms with Crippen LogP contribution in [0.15, 0.2) is 60.7 Å². The summed E-state index contributed by atoms with van der Waals surface area (Å²) in [7, 11) is 0. The molecule has 2 saturated carbocycles. The molecule has 140 valence electrons. The second kappa shape index (κ2) is 7.12. The van der Waals surface area contributed by atoms with Crippen molar-refractivity contribution in [3.8, 4) is 0 Å². The quantitative estimate of drug-likeness (QED) is 0.829. The lowest BCUT2D eigenvalue weighted by molar-refractivity contribution is -0.890. The number of ether oxygens (including phenoxy) is 1. The number of rotatable bonds is 5. The molecule has 1 heterocycles. The smallest absolute Gasteiger partial charge is 0.338 e. The minimum atomic E-state index is -0.134. The Bertz CT molecular complexity index is 771. The van der Waals surface area contributed by atoms with Crippen LogP contribution < -0.4 is 4.90 Å². The van der Waals surface area contributed by atoms with Crippen LogP contribution in [0.1, 0.15) is 28.8 Å². The summed E-state index contributed by atoms with van der Waals surface area (Å²) in [6.45, 7) is 3.75. The molecule has 2 bridgehead atoms. The van der Waals surface area contributed by atoms with Crippen LogP contribution in [0.2, 0.25) is 0 Å². The molecule has 3 heteroatoms. The molecule has 1 saturated heterocycles. The van der Waals surface area contributed by atoms with Crippen molar-refractivity contribution in [3.63, 3.8) is 0 Å². The summed E-state index contributed by atoms with van der Waals surface area (Å²) in [5, 5.41) is 0. The summed E-state index contributed by atoms with van der Waals surface area (Å²) >= 11 is 0. The minimum Gasteiger partial charge on any atom is -0.458 e. The van der Waals surface area contributed by atoms with E-state index in [0.29, 0.717) is 17.4 Å². The lowest BCUT2D eigenvalue weighted by Gasteiger charge is -2.22. The number of nitrogens with one attached hydrogen (secondary N) is 1. The van der Waals surface area contributed by atoms with Gasteiger partial charge in [-0.05, 0) is 30.5 Å². The Kier molecular flexibility index (Phi) is 4.48. The van der Waals surface area contributed by atoms with Crippen LogP contribution in [0.4, 0.5) is 0 Å². The van der Waals surface area contributed by atoms with Crippen LogP contribution >= 0.6 is 0 Å². The molecule has 3 fully saturated rings. The van der Waals surface area contributed by atoms with Crippen LogP contribution in [-0.2, 0) is 11.2 Å². The molecule has 3 nitrogen and oxygen atoms in total. The highest BCUT2D eigenvalue weighted by Crippen LogP contribution is 2.54. The van der Waals surface area contributed by atoms with Crippen molar-refractivity contribution >= 4 is 5.97 Å². The first kappa shape index (κ1) is 17.0. The number of carbonyl (C=O) groups excluding carboxylic acids is 1. The Morgan fingerprint density at radius 1 is 0.852 bits per heavy atom. The van der Waals surface area contributed by atoms with Crippen molar-refractivity contribution in [1.29, 1.82) is 0 Å². The Balaban J connectivity index is 1.20. The normalized spacial score (nSPS) is 33.8. The standard InChI is InChI=1S/C24H27NO2/c26-24(18-9-5-2-6-10-18)27-23-19-11-12-20(23)22-16-25(15-21(19)22)14-13-17-7-3-1-4-8-17/h1-10,19-23H,11-16H2/p+1/t19-,20-,21-,22+,23?/m0/s1. The summed E-state index contributed by atoms with van der Waals surface area (Å²) in [5.41, 5.74) is 2.13. The number of hydrogen-bond acceptors (Lipinski definition) is 2. The maximum Gasteiger partial charge on any atom is 0.338 e. The number of esters is 1. The van der Waals surface area contributed by atoms with Gasteiger partial charge in [-0.2, -0.15) is 0 Å². The van der Waals surface area contributed by atoms with Crippen molar-refractivity contribution in [2.45, 2.75) is 25.4 Å². The van der Waals surface area contributed by atoms with E-state index >= 15 is 0 Å². The highest BCUT2D eigenvalue weighted by Gasteiger charge is 2.60. The van der Waals surface area contributed by atoms with Crippen LogP contribution in [0.5, 0.6) is 0 Å². The van der Waals surface area contributed by atoms with Gasteiger partial charge >= 0.3 is 5.97 Å². The maximum atomic E-state index is 12.5. The van der Waals surface area contributed by atoms with E-state index < -0.39 is 0 Å². The van der Waals surface area contributed by atoms with Crippen molar-refractivity contribution < 1.29 is 14.4 Å². The fourth-order valence-corrected chi connectivity index (χ4v) is 6.05. The summed E-state index contributed by atoms with van der Waals surface area (Å²) in [5.74, 6) is 2.54. The second-order valence-electron chi connectivity index (χ2n) is 8.61. The third-order valence-electron chi connectivity index (χ3n) is 7.24. The third-order valence-corrected chi connectivity index (χ3v) is 7.24. The van der Waals surface area contributed by atoms with Crippen LogP contribution in [0.25, 0.3) is 0 Å². The van der Waals surface area contributed by atoms with E-state index in [1.807, 2.05) is 30.3 Å². The molecule has 5 rings (SSSR count). The van der Waals surface area contributed by atoms with Gasteiger partial charge in [-0.1, -0.05) is 48.5 Å². The van der Waals surface area contributed by atoms with Crippen LogP contribution in [0.3, 0.4) is 0 Å². The van der Waals surface area contributed by atoms with Gasteiger partial charge < -0.3 is 9.64 Å². The maximum absolute atomic E-state index is 12.5. The molecule has 2 aliphatic carbocycles. The number of quaternary nitrogens is 1. The van der Waals surface area contributed by atoms with Gasteiger partial charge in [0.15, 0.2) is 0 Å². The van der Waals surface area contributed by atoms with Crippen molar-refractivity contribution in [2.24, 2.45) is 23.7 Å². The van der Waals surface area contributed by atoms with Gasteiger partial charge in [-0.15, -0.1) is 0 Å². The van der Waals surface area contributed by atoms with Gasteiger partial charge in [0.25, 0.3) is 0 Å². The summed E-state index contributed by atoms with van der Waals surface area (Å²) < 4.78 is 6.04. The zero-order valence-electron chi connectivity index (χ0n) is 15.7. The van der Waals surface area contributed by atoms with Gasteiger partial charge in [0.1, 0.15) is 6.10 Å². The van der Waals surface area contributed by atoms with E-state index in [0.717, 1.165) is 18.3 Å². The van der Waals surface area contributed by atoms with Crippen LogP contribution in [-0.4, -0.2) is 31.7 Å². The van der Waals surface area contributed by atoms with Gasteiger partial charge in [0.05, 0.1) is 25.2 Å². The molecule has 2 unspecified atom stereocenters. The van der Waals surface area contributed by atoms with Crippen molar-refractivity contribution in [1.82, 2.24) is 0 Å². The van der Waals surface area contributed by atoms with Gasteiger partial charge in [-0.25, -0.2) is 4.79 Å². The molecule has 1 N–H and O–H groups in total. The lowest BCUT2D eigenvalue weighted by atomic mass is 9.82. The lowest BCUT2D eigenvalue weighted by Crippen LogP contribution is -3.11. The molecule has 2 aromatic carbocycles. The predicted octanol–water partition coefficient (Wildman–Crippen LogP) is 2.63. The van der Waals surface area contributed by atoms with Gasteiger partial charge in [0, 0.05) is 30.1 Å². The molecular weight excluding hydrogens is 334 g/mol. The Labute approximate surface area is 161 Å². The fraction of sp³-hybridized carbons (Fsp3) is 0.458. The number of hydrogen-bond donors (Lipinski definition) is 1. The summed E-state index contributed by atoms with van der Waals surface area (Å²) in [4.78, 5) is 14.3. The molecule has 0 amide bonds.